The van der Waals surface area contributed by atoms with Crippen molar-refractivity contribution < 1.29 is 14.3 Å². The van der Waals surface area contributed by atoms with E-state index in [1.165, 1.54) is 6.08 Å². The summed E-state index contributed by atoms with van der Waals surface area (Å²) in [6, 6.07) is 29.0. The zero-order valence-corrected chi connectivity index (χ0v) is 24.6. The van der Waals surface area contributed by atoms with Gasteiger partial charge in [-0.25, -0.2) is 4.79 Å². The molecule has 2 heterocycles. The summed E-state index contributed by atoms with van der Waals surface area (Å²) in [6.07, 6.45) is 1.82. The lowest BCUT2D eigenvalue weighted by atomic mass is 10.1. The number of aromatic nitrogens is 2. The van der Waals surface area contributed by atoms with Gasteiger partial charge in [-0.1, -0.05) is 48.5 Å². The molecule has 0 radical (unpaired) electrons. The monoisotopic (exact) mass is 592 g/mol. The van der Waals surface area contributed by atoms with Crippen LogP contribution >= 0.6 is 0 Å². The number of nitrogens with zero attached hydrogens (tertiary/aromatic N) is 5. The number of esters is 1. The van der Waals surface area contributed by atoms with Gasteiger partial charge in [-0.3, -0.25) is 0 Å². The summed E-state index contributed by atoms with van der Waals surface area (Å²) in [7, 11) is 1.65. The molecule has 0 saturated carbocycles. The van der Waals surface area contributed by atoms with Crippen LogP contribution in [0.5, 0.6) is 5.75 Å². The molecule has 4 aromatic rings. The van der Waals surface area contributed by atoms with Gasteiger partial charge < -0.3 is 36.1 Å². The number of methoxy groups -OCH3 is 1. The number of nitrogens with two attached hydrogens (primary N) is 2. The number of aliphatic imine (C=N–C) groups is 1. The number of nitrogens with one attached hydrogen (secondary N) is 1. The molecule has 5 N–H and O–H groups in total. The molecule has 226 valence electrons. The summed E-state index contributed by atoms with van der Waals surface area (Å²) in [4.78, 5) is 21.1. The molecular weight excluding hydrogens is 556 g/mol. The predicted molar refractivity (Wildman–Crippen MR) is 173 cm³/mol. The number of piperazine rings is 1. The van der Waals surface area contributed by atoms with Gasteiger partial charge in [0.1, 0.15) is 11.6 Å². The first kappa shape index (κ1) is 29.9. The van der Waals surface area contributed by atoms with Crippen LogP contribution < -0.4 is 26.4 Å². The van der Waals surface area contributed by atoms with Crippen molar-refractivity contribution in [2.24, 2.45) is 16.5 Å². The van der Waals surface area contributed by atoms with Gasteiger partial charge in [0, 0.05) is 49.5 Å². The van der Waals surface area contributed by atoms with Gasteiger partial charge in [-0.15, -0.1) is 10.2 Å². The molecule has 11 nitrogen and oxygen atoms in total. The number of benzene rings is 3. The smallest absolute Gasteiger partial charge is 0.334 e. The summed E-state index contributed by atoms with van der Waals surface area (Å²) in [5, 5.41) is 11.5. The van der Waals surface area contributed by atoms with E-state index < -0.39 is 5.97 Å². The topological polar surface area (TPSA) is 144 Å². The number of para-hydroxylation sites is 1. The van der Waals surface area contributed by atoms with E-state index in [1.807, 2.05) is 89.8 Å². The predicted octanol–water partition coefficient (Wildman–Crippen LogP) is 3.92. The zero-order valence-electron chi connectivity index (χ0n) is 24.6. The van der Waals surface area contributed by atoms with E-state index in [2.05, 4.69) is 25.4 Å². The second kappa shape index (κ2) is 14.5. The Morgan fingerprint density at radius 2 is 1.64 bits per heavy atom. The minimum absolute atomic E-state index is 0.166. The van der Waals surface area contributed by atoms with E-state index in [9.17, 15) is 4.79 Å². The van der Waals surface area contributed by atoms with Crippen molar-refractivity contribution in [3.63, 3.8) is 0 Å². The molecule has 1 aromatic heterocycles. The summed E-state index contributed by atoms with van der Waals surface area (Å²) >= 11 is 0. The summed E-state index contributed by atoms with van der Waals surface area (Å²) < 4.78 is 10.7. The molecule has 0 unspecified atom stereocenters. The molecule has 0 amide bonds. The van der Waals surface area contributed by atoms with E-state index in [4.69, 9.17) is 20.9 Å². The van der Waals surface area contributed by atoms with Crippen LogP contribution in [0.2, 0.25) is 0 Å². The van der Waals surface area contributed by atoms with Crippen LogP contribution in [-0.2, 0) is 16.0 Å². The Hall–Kier alpha value is -5.58. The number of carbonyl (C=O) groups is 1. The largest absolute Gasteiger partial charge is 0.497 e. The third-order valence-corrected chi connectivity index (χ3v) is 7.20. The van der Waals surface area contributed by atoms with Crippen LogP contribution in [0.4, 0.5) is 17.2 Å². The second-order valence-electron chi connectivity index (χ2n) is 10.1. The lowest BCUT2D eigenvalue weighted by Crippen LogP contribution is -2.47. The van der Waals surface area contributed by atoms with Crippen LogP contribution in [0.25, 0.3) is 11.3 Å². The van der Waals surface area contributed by atoms with Gasteiger partial charge in [0.2, 0.25) is 0 Å². The molecule has 44 heavy (non-hydrogen) atoms. The van der Waals surface area contributed by atoms with Crippen molar-refractivity contribution in [3.8, 4) is 17.0 Å². The second-order valence-corrected chi connectivity index (χ2v) is 10.1. The molecule has 1 fully saturated rings. The molecule has 3 aromatic carbocycles. The number of rotatable bonds is 10. The lowest BCUT2D eigenvalue weighted by molar-refractivity contribution is -0.137. The van der Waals surface area contributed by atoms with E-state index in [-0.39, 0.29) is 12.6 Å². The van der Waals surface area contributed by atoms with Crippen LogP contribution in [0.3, 0.4) is 0 Å². The van der Waals surface area contributed by atoms with Crippen molar-refractivity contribution in [3.05, 3.63) is 108 Å². The Bertz CT molecular complexity index is 1580. The van der Waals surface area contributed by atoms with Crippen molar-refractivity contribution in [2.45, 2.75) is 6.42 Å². The number of hydrogen-bond acceptors (Lipinski definition) is 9. The molecule has 0 atom stereocenters. The number of hydrogen-bond donors (Lipinski definition) is 3. The average Bonchev–Trinajstić information content (AvgIpc) is 3.06. The molecule has 0 aliphatic carbocycles. The fourth-order valence-electron chi connectivity index (χ4n) is 4.83. The summed E-state index contributed by atoms with van der Waals surface area (Å²) in [5.74, 6) is 1.29. The highest BCUT2D eigenvalue weighted by Crippen LogP contribution is 2.22. The van der Waals surface area contributed by atoms with Crippen molar-refractivity contribution in [2.75, 3.05) is 50.1 Å². The number of guanidine groups is 1. The lowest BCUT2D eigenvalue weighted by Gasteiger charge is -2.37. The normalized spacial score (nSPS) is 13.8. The average molecular weight is 593 g/mol. The molecular formula is C33H36N8O3. The third-order valence-electron chi connectivity index (χ3n) is 7.20. The Labute approximate surface area is 256 Å². The standard InChI is InChI=1S/C33H36N8O3/c1-43-27-13-11-26(12-14-27)40-18-20-41(21-19-40)30(34)23-32(42)44-22-17-25-9-5-6-10-28(25)36-33(35)37-31-16-15-29(38-39-31)24-7-3-2-4-8-24/h2-16,23H,17-22,34H2,1H3,(H3,35,36,37,39). The van der Waals surface area contributed by atoms with Crippen LogP contribution in [-0.4, -0.2) is 66.9 Å². The molecule has 1 aliphatic rings. The Morgan fingerprint density at radius 1 is 0.909 bits per heavy atom. The van der Waals surface area contributed by atoms with Gasteiger partial charge in [0.25, 0.3) is 0 Å². The molecule has 0 bridgehead atoms. The van der Waals surface area contributed by atoms with E-state index in [0.717, 1.165) is 47.0 Å². The first-order chi connectivity index (χ1) is 21.5. The van der Waals surface area contributed by atoms with E-state index in [1.54, 1.807) is 13.2 Å². The minimum Gasteiger partial charge on any atom is -0.497 e. The first-order valence-corrected chi connectivity index (χ1v) is 14.3. The number of carbonyl (C=O) groups excluding carboxylic acids is 1. The van der Waals surface area contributed by atoms with E-state index in [0.29, 0.717) is 31.1 Å². The maximum absolute atomic E-state index is 12.5. The Morgan fingerprint density at radius 3 is 2.34 bits per heavy atom. The summed E-state index contributed by atoms with van der Waals surface area (Å²) in [5.41, 5.74) is 16.9. The fraction of sp³-hybridized carbons (Fsp3) is 0.212. The molecule has 1 saturated heterocycles. The van der Waals surface area contributed by atoms with Gasteiger partial charge in [-0.2, -0.15) is 4.99 Å². The van der Waals surface area contributed by atoms with Gasteiger partial charge in [0.15, 0.2) is 11.8 Å². The molecule has 1 aliphatic heterocycles. The van der Waals surface area contributed by atoms with Gasteiger partial charge in [-0.05, 0) is 48.0 Å². The third kappa shape index (κ3) is 8.03. The zero-order chi connectivity index (χ0) is 30.7. The molecule has 0 spiro atoms. The van der Waals surface area contributed by atoms with Crippen molar-refractivity contribution in [1.29, 1.82) is 0 Å². The van der Waals surface area contributed by atoms with Crippen LogP contribution in [0.1, 0.15) is 5.56 Å². The highest BCUT2D eigenvalue weighted by atomic mass is 16.5. The summed E-state index contributed by atoms with van der Waals surface area (Å²) in [6.45, 7) is 3.16. The van der Waals surface area contributed by atoms with Crippen molar-refractivity contribution in [1.82, 2.24) is 15.1 Å². The number of ether oxygens (including phenoxy) is 2. The minimum atomic E-state index is -0.482. The molecule has 5 rings (SSSR count). The van der Waals surface area contributed by atoms with E-state index >= 15 is 0 Å². The molecule has 11 heteroatoms. The highest BCUT2D eigenvalue weighted by Gasteiger charge is 2.19. The maximum Gasteiger partial charge on any atom is 0.334 e. The van der Waals surface area contributed by atoms with Crippen LogP contribution in [0, 0.1) is 0 Å². The number of anilines is 2. The van der Waals surface area contributed by atoms with Gasteiger partial charge in [0.05, 0.1) is 25.5 Å². The van der Waals surface area contributed by atoms with Crippen molar-refractivity contribution >= 4 is 29.1 Å². The highest BCUT2D eigenvalue weighted by molar-refractivity contribution is 5.94. The first-order valence-electron chi connectivity index (χ1n) is 14.3. The Balaban J connectivity index is 1.09. The fourth-order valence-corrected chi connectivity index (χ4v) is 4.83. The SMILES string of the molecule is COc1ccc(N2CCN(C(N)=CC(=O)OCCc3ccccc3NC(N)=Nc3ccc(-c4ccccc4)nn3)CC2)cc1. The van der Waals surface area contributed by atoms with Gasteiger partial charge >= 0.3 is 5.97 Å². The Kier molecular flexibility index (Phi) is 9.88. The quantitative estimate of drug-likeness (QED) is 0.107. The maximum atomic E-state index is 12.5. The van der Waals surface area contributed by atoms with Crippen LogP contribution in [0.15, 0.2) is 108 Å².